The molecule has 2 aromatic carbocycles. The van der Waals surface area contributed by atoms with Crippen molar-refractivity contribution < 1.29 is 18.9 Å². The Hall–Kier alpha value is -2.14. The van der Waals surface area contributed by atoms with Crippen LogP contribution in [0.5, 0.6) is 23.0 Å². The van der Waals surface area contributed by atoms with E-state index in [1.807, 2.05) is 6.07 Å². The van der Waals surface area contributed by atoms with Gasteiger partial charge in [-0.2, -0.15) is 0 Å². The largest absolute Gasteiger partial charge is 0.493 e. The summed E-state index contributed by atoms with van der Waals surface area (Å²) in [5.74, 6) is 3.51. The van der Waals surface area contributed by atoms with Crippen molar-refractivity contribution in [2.75, 3.05) is 26.4 Å². The predicted molar refractivity (Wildman–Crippen MR) is 174 cm³/mol. The average Bonchev–Trinajstić information content (AvgIpc) is 2.95. The van der Waals surface area contributed by atoms with Gasteiger partial charge in [-0.3, -0.25) is 0 Å². The van der Waals surface area contributed by atoms with Gasteiger partial charge in [0.2, 0.25) is 0 Å². The second kappa shape index (κ2) is 20.7. The minimum absolute atomic E-state index is 0.698. The van der Waals surface area contributed by atoms with Gasteiger partial charge in [-0.25, -0.2) is 0 Å². The predicted octanol–water partition coefficient (Wildman–Crippen LogP) is 11.2. The van der Waals surface area contributed by atoms with E-state index in [0.717, 1.165) is 82.9 Å². The van der Waals surface area contributed by atoms with E-state index in [9.17, 15) is 0 Å². The van der Waals surface area contributed by atoms with Gasteiger partial charge >= 0.3 is 0 Å². The van der Waals surface area contributed by atoms with Gasteiger partial charge in [0, 0.05) is 11.1 Å². The minimum atomic E-state index is 0.698. The van der Waals surface area contributed by atoms with E-state index in [1.54, 1.807) is 0 Å². The Bertz CT molecular complexity index is 922. The van der Waals surface area contributed by atoms with Crippen molar-refractivity contribution in [3.8, 4) is 23.0 Å². The first-order chi connectivity index (χ1) is 19.5. The van der Waals surface area contributed by atoms with Crippen LogP contribution in [-0.2, 0) is 0 Å². The highest BCUT2D eigenvalue weighted by molar-refractivity contribution is 9.10. The molecule has 0 amide bonds. The Morgan fingerprint density at radius 3 is 1.32 bits per heavy atom. The van der Waals surface area contributed by atoms with Crippen LogP contribution in [0.15, 0.2) is 28.7 Å². The highest BCUT2D eigenvalue weighted by Crippen LogP contribution is 2.36. The molecular weight excluding hydrogens is 564 g/mol. The third-order valence-electron chi connectivity index (χ3n) is 6.84. The standard InChI is InChI=1S/C35H53BrO4/c1-6-10-14-20-37-32-25-29(33(24-28(32)5)38-21-15-11-7-2)18-19-30-26-35(40-23-17-13-9-4)31(36)27-34(30)39-22-16-12-8-3/h18-19,24-27H,6-17,20-23H2,1-5H3/b19-18+. The van der Waals surface area contributed by atoms with Crippen molar-refractivity contribution in [1.82, 2.24) is 0 Å². The quantitative estimate of drug-likeness (QED) is 0.0973. The van der Waals surface area contributed by atoms with Crippen LogP contribution >= 0.6 is 15.9 Å². The highest BCUT2D eigenvalue weighted by atomic mass is 79.9. The first kappa shape index (κ1) is 34.1. The third kappa shape index (κ3) is 12.6. The normalized spacial score (nSPS) is 11.2. The summed E-state index contributed by atoms with van der Waals surface area (Å²) in [6.45, 7) is 13.8. The lowest BCUT2D eigenvalue weighted by molar-refractivity contribution is 0.296. The molecule has 0 fully saturated rings. The zero-order valence-corrected chi connectivity index (χ0v) is 27.4. The Kier molecular flexibility index (Phi) is 17.6. The van der Waals surface area contributed by atoms with E-state index in [2.05, 4.69) is 80.9 Å². The van der Waals surface area contributed by atoms with Gasteiger partial charge in [0.25, 0.3) is 0 Å². The van der Waals surface area contributed by atoms with Gasteiger partial charge in [0.1, 0.15) is 23.0 Å². The summed E-state index contributed by atoms with van der Waals surface area (Å²) in [5, 5.41) is 0. The Balaban J connectivity index is 2.37. The number of aryl methyl sites for hydroxylation is 1. The number of halogens is 1. The molecule has 0 aliphatic heterocycles. The Morgan fingerprint density at radius 2 is 0.875 bits per heavy atom. The van der Waals surface area contributed by atoms with Crippen LogP contribution < -0.4 is 18.9 Å². The SMILES string of the molecule is CCCCCOc1cc(/C=C/c2cc(OCCCCC)c(Br)cc2OCCCCC)c(OCCCCC)cc1C. The lowest BCUT2D eigenvalue weighted by Gasteiger charge is -2.16. The molecule has 224 valence electrons. The maximum Gasteiger partial charge on any atom is 0.134 e. The zero-order valence-electron chi connectivity index (χ0n) is 25.8. The van der Waals surface area contributed by atoms with Crippen molar-refractivity contribution in [3.63, 3.8) is 0 Å². The van der Waals surface area contributed by atoms with Crippen molar-refractivity contribution in [1.29, 1.82) is 0 Å². The Labute approximate surface area is 253 Å². The second-order valence-electron chi connectivity index (χ2n) is 10.5. The smallest absolute Gasteiger partial charge is 0.134 e. The summed E-state index contributed by atoms with van der Waals surface area (Å²) in [5.41, 5.74) is 3.11. The van der Waals surface area contributed by atoms with E-state index in [4.69, 9.17) is 18.9 Å². The second-order valence-corrected chi connectivity index (χ2v) is 11.4. The van der Waals surface area contributed by atoms with Crippen LogP contribution in [0.3, 0.4) is 0 Å². The number of hydrogen-bond donors (Lipinski definition) is 0. The minimum Gasteiger partial charge on any atom is -0.493 e. The fourth-order valence-electron chi connectivity index (χ4n) is 4.32. The molecule has 2 rings (SSSR count). The monoisotopic (exact) mass is 616 g/mol. The number of unbranched alkanes of at least 4 members (excludes halogenated alkanes) is 8. The van der Waals surface area contributed by atoms with Crippen molar-refractivity contribution in [2.45, 2.75) is 112 Å². The van der Waals surface area contributed by atoms with Crippen molar-refractivity contribution in [2.24, 2.45) is 0 Å². The van der Waals surface area contributed by atoms with Crippen molar-refractivity contribution >= 4 is 28.1 Å². The highest BCUT2D eigenvalue weighted by Gasteiger charge is 2.12. The van der Waals surface area contributed by atoms with Crippen LogP contribution in [0, 0.1) is 6.92 Å². The summed E-state index contributed by atoms with van der Waals surface area (Å²) >= 11 is 3.71. The van der Waals surface area contributed by atoms with Crippen LogP contribution in [0.4, 0.5) is 0 Å². The fourth-order valence-corrected chi connectivity index (χ4v) is 4.76. The fraction of sp³-hybridized carbons (Fsp3) is 0.600. The van der Waals surface area contributed by atoms with Gasteiger partial charge in [-0.05, 0) is 78.4 Å². The van der Waals surface area contributed by atoms with E-state index < -0.39 is 0 Å². The Morgan fingerprint density at radius 1 is 0.500 bits per heavy atom. The number of ether oxygens (including phenoxy) is 4. The summed E-state index contributed by atoms with van der Waals surface area (Å²) in [6.07, 6.45) is 17.8. The molecule has 0 spiro atoms. The molecule has 0 aliphatic carbocycles. The molecule has 0 radical (unpaired) electrons. The maximum absolute atomic E-state index is 6.28. The van der Waals surface area contributed by atoms with E-state index in [0.29, 0.717) is 19.8 Å². The van der Waals surface area contributed by atoms with Crippen LogP contribution in [0.1, 0.15) is 121 Å². The molecule has 0 atom stereocenters. The summed E-state index contributed by atoms with van der Waals surface area (Å²) in [6, 6.07) is 8.36. The van der Waals surface area contributed by atoms with Gasteiger partial charge in [0.15, 0.2) is 0 Å². The van der Waals surface area contributed by atoms with Crippen LogP contribution in [0.25, 0.3) is 12.2 Å². The molecule has 0 aromatic heterocycles. The molecule has 2 aromatic rings. The average molecular weight is 618 g/mol. The van der Waals surface area contributed by atoms with E-state index >= 15 is 0 Å². The summed E-state index contributed by atoms with van der Waals surface area (Å²) < 4.78 is 25.8. The molecule has 5 heteroatoms. The third-order valence-corrected chi connectivity index (χ3v) is 7.46. The van der Waals surface area contributed by atoms with E-state index in [1.165, 1.54) is 44.9 Å². The molecule has 0 saturated carbocycles. The topological polar surface area (TPSA) is 36.9 Å². The van der Waals surface area contributed by atoms with Gasteiger partial charge in [0.05, 0.1) is 30.9 Å². The molecular formula is C35H53BrO4. The lowest BCUT2D eigenvalue weighted by atomic mass is 10.1. The maximum atomic E-state index is 6.28. The molecule has 0 unspecified atom stereocenters. The number of benzene rings is 2. The molecule has 0 saturated heterocycles. The first-order valence-electron chi connectivity index (χ1n) is 15.7. The number of hydrogen-bond acceptors (Lipinski definition) is 4. The van der Waals surface area contributed by atoms with Gasteiger partial charge in [-0.15, -0.1) is 0 Å². The molecule has 0 aliphatic rings. The van der Waals surface area contributed by atoms with Gasteiger partial charge in [-0.1, -0.05) is 91.2 Å². The van der Waals surface area contributed by atoms with Gasteiger partial charge < -0.3 is 18.9 Å². The molecule has 0 N–H and O–H groups in total. The first-order valence-corrected chi connectivity index (χ1v) is 16.5. The molecule has 4 nitrogen and oxygen atoms in total. The van der Waals surface area contributed by atoms with Crippen molar-refractivity contribution in [3.05, 3.63) is 45.4 Å². The zero-order chi connectivity index (χ0) is 29.0. The number of rotatable bonds is 22. The molecule has 40 heavy (non-hydrogen) atoms. The molecule has 0 heterocycles. The van der Waals surface area contributed by atoms with Crippen LogP contribution in [0.2, 0.25) is 0 Å². The lowest BCUT2D eigenvalue weighted by Crippen LogP contribution is -2.03. The summed E-state index contributed by atoms with van der Waals surface area (Å²) in [4.78, 5) is 0. The van der Waals surface area contributed by atoms with Crippen LogP contribution in [-0.4, -0.2) is 26.4 Å². The molecule has 0 bridgehead atoms. The summed E-state index contributed by atoms with van der Waals surface area (Å²) in [7, 11) is 0. The van der Waals surface area contributed by atoms with E-state index in [-0.39, 0.29) is 0 Å².